The van der Waals surface area contributed by atoms with Crippen LogP contribution in [0.2, 0.25) is 0 Å². The number of likely N-dealkylation sites (N-methyl/N-ethyl adjacent to an activating group) is 1. The molecular formula is C17H22IN3O. The molecule has 3 rings (SSSR count). The fourth-order valence-corrected chi connectivity index (χ4v) is 3.60. The van der Waals surface area contributed by atoms with Crippen LogP contribution < -0.4 is 4.74 Å². The SMILES string of the molecule is CN(CCOc1nn2c(c1I)CCCC2)Cc1ccccc1. The number of ether oxygens (including phenoxy) is 1. The Morgan fingerprint density at radius 1 is 1.27 bits per heavy atom. The second-order valence-electron chi connectivity index (χ2n) is 5.82. The summed E-state index contributed by atoms with van der Waals surface area (Å²) in [5, 5.41) is 4.60. The van der Waals surface area contributed by atoms with Gasteiger partial charge in [-0.1, -0.05) is 30.3 Å². The third kappa shape index (κ3) is 3.81. The van der Waals surface area contributed by atoms with Crippen LogP contribution in [0.15, 0.2) is 30.3 Å². The van der Waals surface area contributed by atoms with Crippen molar-refractivity contribution in [2.75, 3.05) is 20.2 Å². The van der Waals surface area contributed by atoms with Crippen molar-refractivity contribution in [1.82, 2.24) is 14.7 Å². The van der Waals surface area contributed by atoms with E-state index < -0.39 is 0 Å². The van der Waals surface area contributed by atoms with Gasteiger partial charge < -0.3 is 4.74 Å². The normalized spacial score (nSPS) is 14.1. The van der Waals surface area contributed by atoms with E-state index in [9.17, 15) is 0 Å². The van der Waals surface area contributed by atoms with E-state index in [0.29, 0.717) is 6.61 Å². The highest BCUT2D eigenvalue weighted by Gasteiger charge is 2.19. The van der Waals surface area contributed by atoms with Crippen molar-refractivity contribution in [3.63, 3.8) is 0 Å². The van der Waals surface area contributed by atoms with Gasteiger partial charge in [-0.25, -0.2) is 0 Å². The topological polar surface area (TPSA) is 30.3 Å². The van der Waals surface area contributed by atoms with Gasteiger partial charge in [-0.3, -0.25) is 9.58 Å². The monoisotopic (exact) mass is 411 g/mol. The first-order valence-corrected chi connectivity index (χ1v) is 8.92. The van der Waals surface area contributed by atoms with Crippen molar-refractivity contribution >= 4 is 22.6 Å². The molecule has 2 heterocycles. The molecule has 0 bridgehead atoms. The van der Waals surface area contributed by atoms with E-state index in [1.165, 1.54) is 27.7 Å². The predicted molar refractivity (Wildman–Crippen MR) is 96.2 cm³/mol. The highest BCUT2D eigenvalue weighted by atomic mass is 127. The Hall–Kier alpha value is -1.08. The van der Waals surface area contributed by atoms with E-state index in [1.807, 2.05) is 0 Å². The van der Waals surface area contributed by atoms with Gasteiger partial charge in [0.1, 0.15) is 6.61 Å². The highest BCUT2D eigenvalue weighted by molar-refractivity contribution is 14.1. The lowest BCUT2D eigenvalue weighted by Gasteiger charge is -2.16. The zero-order valence-corrected chi connectivity index (χ0v) is 15.1. The fourth-order valence-electron chi connectivity index (χ4n) is 2.79. The maximum absolute atomic E-state index is 5.92. The summed E-state index contributed by atoms with van der Waals surface area (Å²) in [4.78, 5) is 2.28. The smallest absolute Gasteiger partial charge is 0.246 e. The van der Waals surface area contributed by atoms with E-state index in [-0.39, 0.29) is 0 Å². The van der Waals surface area contributed by atoms with Crippen LogP contribution in [-0.4, -0.2) is 34.9 Å². The van der Waals surface area contributed by atoms with Crippen LogP contribution in [0.3, 0.4) is 0 Å². The zero-order chi connectivity index (χ0) is 15.4. The van der Waals surface area contributed by atoms with Crippen molar-refractivity contribution < 1.29 is 4.74 Å². The average Bonchev–Trinajstić information content (AvgIpc) is 2.85. The molecule has 0 unspecified atom stereocenters. The molecule has 22 heavy (non-hydrogen) atoms. The van der Waals surface area contributed by atoms with Crippen LogP contribution in [-0.2, 0) is 19.5 Å². The first-order chi connectivity index (χ1) is 10.7. The molecule has 0 amide bonds. The molecule has 1 aliphatic rings. The van der Waals surface area contributed by atoms with Crippen molar-refractivity contribution in [3.8, 4) is 5.88 Å². The lowest BCUT2D eigenvalue weighted by Crippen LogP contribution is -2.24. The molecule has 5 heteroatoms. The summed E-state index contributed by atoms with van der Waals surface area (Å²) in [7, 11) is 2.12. The van der Waals surface area contributed by atoms with Crippen LogP contribution in [0, 0.1) is 3.57 Å². The molecule has 0 saturated carbocycles. The minimum atomic E-state index is 0.676. The van der Waals surface area contributed by atoms with Gasteiger partial charge in [-0.05, 0) is 54.5 Å². The number of halogens is 1. The van der Waals surface area contributed by atoms with Gasteiger partial charge in [0.15, 0.2) is 0 Å². The Balaban J connectivity index is 1.50. The molecule has 118 valence electrons. The van der Waals surface area contributed by atoms with Crippen LogP contribution in [0.1, 0.15) is 24.1 Å². The van der Waals surface area contributed by atoms with Gasteiger partial charge in [0, 0.05) is 19.6 Å². The summed E-state index contributed by atoms with van der Waals surface area (Å²) < 4.78 is 9.23. The first-order valence-electron chi connectivity index (χ1n) is 7.84. The molecule has 1 aromatic carbocycles. The maximum atomic E-state index is 5.92. The van der Waals surface area contributed by atoms with Gasteiger partial charge in [-0.2, -0.15) is 0 Å². The predicted octanol–water partition coefficient (Wildman–Crippen LogP) is 3.33. The molecule has 0 aliphatic carbocycles. The van der Waals surface area contributed by atoms with Crippen molar-refractivity contribution in [1.29, 1.82) is 0 Å². The largest absolute Gasteiger partial charge is 0.474 e. The number of benzene rings is 1. The van der Waals surface area contributed by atoms with E-state index in [0.717, 1.165) is 31.9 Å². The number of hydrogen-bond donors (Lipinski definition) is 0. The van der Waals surface area contributed by atoms with Crippen LogP contribution >= 0.6 is 22.6 Å². The number of fused-ring (bicyclic) bond motifs is 1. The molecule has 1 aromatic heterocycles. The van der Waals surface area contributed by atoms with Gasteiger partial charge in [0.25, 0.3) is 0 Å². The number of nitrogens with zero attached hydrogens (tertiary/aromatic N) is 3. The molecule has 0 saturated heterocycles. The van der Waals surface area contributed by atoms with Gasteiger partial charge in [0.05, 0.1) is 9.26 Å². The number of hydrogen-bond acceptors (Lipinski definition) is 3. The lowest BCUT2D eigenvalue weighted by molar-refractivity contribution is 0.224. The van der Waals surface area contributed by atoms with Crippen LogP contribution in [0.25, 0.3) is 0 Å². The second-order valence-corrected chi connectivity index (χ2v) is 6.90. The standard InChI is InChI=1S/C17H22IN3O/c1-20(13-14-7-3-2-4-8-14)11-12-22-17-16(18)15-9-5-6-10-21(15)19-17/h2-4,7-8H,5-6,9-13H2,1H3. The van der Waals surface area contributed by atoms with E-state index in [1.54, 1.807) is 0 Å². The number of rotatable bonds is 6. The summed E-state index contributed by atoms with van der Waals surface area (Å²) in [5.74, 6) is 0.811. The molecule has 4 nitrogen and oxygen atoms in total. The summed E-state index contributed by atoms with van der Waals surface area (Å²) in [6, 6.07) is 10.5. The van der Waals surface area contributed by atoms with E-state index in [2.05, 4.69) is 74.7 Å². The molecule has 0 fully saturated rings. The minimum Gasteiger partial charge on any atom is -0.474 e. The third-order valence-electron chi connectivity index (χ3n) is 4.00. The second kappa shape index (κ2) is 7.46. The summed E-state index contributed by atoms with van der Waals surface area (Å²) in [6.45, 7) is 3.55. The minimum absolute atomic E-state index is 0.676. The Labute approximate surface area is 145 Å². The maximum Gasteiger partial charge on any atom is 0.246 e. The average molecular weight is 411 g/mol. The lowest BCUT2D eigenvalue weighted by atomic mass is 10.1. The fraction of sp³-hybridized carbons (Fsp3) is 0.471. The first kappa shape index (κ1) is 15.8. The Morgan fingerprint density at radius 3 is 2.86 bits per heavy atom. The van der Waals surface area contributed by atoms with Crippen molar-refractivity contribution in [2.45, 2.75) is 32.4 Å². The van der Waals surface area contributed by atoms with E-state index >= 15 is 0 Å². The molecular weight excluding hydrogens is 389 g/mol. The third-order valence-corrected chi connectivity index (χ3v) is 5.09. The Morgan fingerprint density at radius 2 is 2.09 bits per heavy atom. The highest BCUT2D eigenvalue weighted by Crippen LogP contribution is 2.27. The number of aromatic nitrogens is 2. The van der Waals surface area contributed by atoms with E-state index in [4.69, 9.17) is 4.74 Å². The molecule has 0 atom stereocenters. The van der Waals surface area contributed by atoms with Crippen LogP contribution in [0.5, 0.6) is 5.88 Å². The number of aryl methyl sites for hydroxylation is 1. The summed E-state index contributed by atoms with van der Waals surface area (Å²) in [6.07, 6.45) is 3.62. The summed E-state index contributed by atoms with van der Waals surface area (Å²) in [5.41, 5.74) is 2.68. The zero-order valence-electron chi connectivity index (χ0n) is 13.0. The summed E-state index contributed by atoms with van der Waals surface area (Å²) >= 11 is 2.37. The molecule has 0 N–H and O–H groups in total. The van der Waals surface area contributed by atoms with Gasteiger partial charge in [-0.15, -0.1) is 5.10 Å². The molecule has 0 radical (unpaired) electrons. The van der Waals surface area contributed by atoms with Crippen molar-refractivity contribution in [2.24, 2.45) is 0 Å². The van der Waals surface area contributed by atoms with Gasteiger partial charge in [0.2, 0.25) is 5.88 Å². The molecule has 2 aromatic rings. The quantitative estimate of drug-likeness (QED) is 0.684. The van der Waals surface area contributed by atoms with Crippen molar-refractivity contribution in [3.05, 3.63) is 45.2 Å². The molecule has 0 spiro atoms. The Kier molecular flexibility index (Phi) is 5.36. The molecule has 1 aliphatic heterocycles. The van der Waals surface area contributed by atoms with Gasteiger partial charge >= 0.3 is 0 Å². The van der Waals surface area contributed by atoms with Crippen LogP contribution in [0.4, 0.5) is 0 Å². The Bertz CT molecular complexity index is 612.